The number of carbonyl (C=O) groups is 2. The van der Waals surface area contributed by atoms with Gasteiger partial charge in [-0.05, 0) is 18.1 Å². The Balaban J connectivity index is 1.48. The monoisotopic (exact) mass is 562 g/mol. The first-order valence-electron chi connectivity index (χ1n) is 12.4. The lowest BCUT2D eigenvalue weighted by atomic mass is 9.94. The van der Waals surface area contributed by atoms with Crippen LogP contribution in [0.4, 0.5) is 0 Å². The van der Waals surface area contributed by atoms with E-state index in [0.29, 0.717) is 6.42 Å². The number of carbonyl (C=O) groups excluding carboxylic acids is 2. The maximum absolute atomic E-state index is 12.7. The minimum Gasteiger partial charge on any atom is -0.456 e. The van der Waals surface area contributed by atoms with Crippen LogP contribution in [0.25, 0.3) is 0 Å². The van der Waals surface area contributed by atoms with E-state index >= 15 is 0 Å². The molecule has 216 valence electrons. The predicted octanol–water partition coefficient (Wildman–Crippen LogP) is -3.41. The van der Waals surface area contributed by atoms with Gasteiger partial charge in [-0.15, -0.1) is 0 Å². The molecule has 3 heterocycles. The third-order valence-electron chi connectivity index (χ3n) is 6.60. The quantitative estimate of drug-likeness (QED) is 0.151. The first-order valence-corrected chi connectivity index (χ1v) is 12.4. The highest BCUT2D eigenvalue weighted by Crippen LogP contribution is 2.36. The summed E-state index contributed by atoms with van der Waals surface area (Å²) < 4.78 is 17.6. The summed E-state index contributed by atoms with van der Waals surface area (Å²) in [5.41, 5.74) is 4.86. The summed E-state index contributed by atoms with van der Waals surface area (Å²) in [6.07, 6.45) is -8.90. The third kappa shape index (κ3) is 6.30. The summed E-state index contributed by atoms with van der Waals surface area (Å²) in [6, 6.07) is 10.3. The van der Waals surface area contributed by atoms with Crippen molar-refractivity contribution >= 4 is 11.8 Å². The molecule has 2 aliphatic heterocycles. The van der Waals surface area contributed by atoms with Crippen LogP contribution in [-0.2, 0) is 30.2 Å². The van der Waals surface area contributed by atoms with Gasteiger partial charge < -0.3 is 45.7 Å². The summed E-state index contributed by atoms with van der Waals surface area (Å²) in [7, 11) is 0. The number of hydrogen-bond acceptors (Lipinski definition) is 11. The van der Waals surface area contributed by atoms with Crippen LogP contribution in [0.15, 0.2) is 64.0 Å². The summed E-state index contributed by atoms with van der Waals surface area (Å²) in [5.74, 6) is -3.48. The van der Waals surface area contributed by atoms with Crippen molar-refractivity contribution in [3.8, 4) is 0 Å². The summed E-state index contributed by atoms with van der Waals surface area (Å²) in [5, 5.41) is 44.1. The van der Waals surface area contributed by atoms with Gasteiger partial charge in [0.25, 0.3) is 11.5 Å². The molecule has 0 bridgehead atoms. The van der Waals surface area contributed by atoms with E-state index in [4.69, 9.17) is 19.9 Å². The van der Waals surface area contributed by atoms with E-state index in [9.17, 15) is 39.6 Å². The zero-order valence-corrected chi connectivity index (χ0v) is 21.0. The molecular weight excluding hydrogens is 532 g/mol. The molecule has 40 heavy (non-hydrogen) atoms. The molecule has 0 aliphatic carbocycles. The Kier molecular flexibility index (Phi) is 9.14. The number of primary amides is 1. The minimum absolute atomic E-state index is 0.231. The number of nitrogens with two attached hydrogens (primary N) is 1. The summed E-state index contributed by atoms with van der Waals surface area (Å²) >= 11 is 0. The molecule has 0 radical (unpaired) electrons. The smallest absolute Gasteiger partial charge is 0.330 e. The van der Waals surface area contributed by atoms with Gasteiger partial charge in [0.2, 0.25) is 12.2 Å². The fourth-order valence-electron chi connectivity index (χ4n) is 4.50. The van der Waals surface area contributed by atoms with Gasteiger partial charge in [0, 0.05) is 24.7 Å². The van der Waals surface area contributed by atoms with Crippen molar-refractivity contribution in [2.75, 3.05) is 13.2 Å². The first-order chi connectivity index (χ1) is 19.1. The molecule has 4 rings (SSSR count). The van der Waals surface area contributed by atoms with Crippen molar-refractivity contribution in [2.45, 2.75) is 49.5 Å². The number of nitrogens with zero attached hydrogens (tertiary/aromatic N) is 1. The van der Waals surface area contributed by atoms with Crippen molar-refractivity contribution in [2.24, 2.45) is 11.7 Å². The highest BCUT2D eigenvalue weighted by molar-refractivity contribution is 5.91. The average molecular weight is 563 g/mol. The average Bonchev–Trinajstić information content (AvgIpc) is 3.24. The van der Waals surface area contributed by atoms with E-state index in [1.165, 1.54) is 0 Å². The van der Waals surface area contributed by atoms with Gasteiger partial charge in [0.15, 0.2) is 18.1 Å². The van der Waals surface area contributed by atoms with E-state index in [1.54, 1.807) is 0 Å². The van der Waals surface area contributed by atoms with E-state index < -0.39 is 78.6 Å². The lowest BCUT2D eigenvalue weighted by molar-refractivity contribution is -0.239. The van der Waals surface area contributed by atoms with Crippen LogP contribution in [0.3, 0.4) is 0 Å². The Morgan fingerprint density at radius 3 is 2.50 bits per heavy atom. The number of aliphatic hydroxyl groups is 4. The Bertz CT molecular complexity index is 1340. The Morgan fingerprint density at radius 2 is 1.85 bits per heavy atom. The van der Waals surface area contributed by atoms with Crippen molar-refractivity contribution in [3.05, 3.63) is 80.8 Å². The molecule has 2 aliphatic rings. The molecule has 1 aromatic carbocycles. The van der Waals surface area contributed by atoms with Crippen LogP contribution in [0, 0.1) is 5.92 Å². The van der Waals surface area contributed by atoms with Crippen LogP contribution in [0.5, 0.6) is 0 Å². The standard InChI is InChI=1S/C25H30N4O11/c26-21(35)20(19-13(11-30)17(33)23(39-19)29-9-7-16(32)28-25(29)37)40-24-18(34)14(31)10-15(38-24)22(36)27-8-6-12-4-2-1-3-5-12/h1-5,7,9-10,13-14,17-20,23-24,30-31,33-34H,6,8,11H2,(H2,26,35)(H,27,36)(H,28,32,37)/t13-,14-,17+,18-,19?,20+,23+,24+/m0/s1. The number of aromatic nitrogens is 2. The second-order valence-electron chi connectivity index (χ2n) is 9.29. The van der Waals surface area contributed by atoms with Crippen molar-refractivity contribution in [1.82, 2.24) is 14.9 Å². The first kappa shape index (κ1) is 29.1. The molecule has 1 unspecified atom stereocenters. The molecule has 1 saturated heterocycles. The molecule has 8 atom stereocenters. The van der Waals surface area contributed by atoms with Crippen molar-refractivity contribution in [1.29, 1.82) is 0 Å². The highest BCUT2D eigenvalue weighted by atomic mass is 16.7. The van der Waals surface area contributed by atoms with Crippen LogP contribution >= 0.6 is 0 Å². The molecule has 0 spiro atoms. The number of aromatic amines is 1. The molecule has 15 heteroatoms. The van der Waals surface area contributed by atoms with Crippen molar-refractivity contribution in [3.63, 3.8) is 0 Å². The SMILES string of the molecule is NC(=O)[C@H](O[C@H]1OC(C(=O)NCCc2ccccc2)=C[C@H](O)[C@@H]1O)C1O[C@@H](n2ccc(=O)[nH]c2=O)[C@H](O)[C@@H]1CO. The molecule has 15 nitrogen and oxygen atoms in total. The second-order valence-corrected chi connectivity index (χ2v) is 9.29. The van der Waals surface area contributed by atoms with Gasteiger partial charge in [-0.2, -0.15) is 0 Å². The van der Waals surface area contributed by atoms with Crippen LogP contribution in [0.2, 0.25) is 0 Å². The van der Waals surface area contributed by atoms with Crippen LogP contribution in [-0.4, -0.2) is 91.8 Å². The number of nitrogens with one attached hydrogen (secondary N) is 2. The largest absolute Gasteiger partial charge is 0.456 e. The van der Waals surface area contributed by atoms with Gasteiger partial charge in [0.05, 0.1) is 6.61 Å². The Hall–Kier alpha value is -3.86. The molecule has 8 N–H and O–H groups in total. The maximum Gasteiger partial charge on any atom is 0.330 e. The number of ether oxygens (including phenoxy) is 3. The summed E-state index contributed by atoms with van der Waals surface area (Å²) in [4.78, 5) is 50.7. The van der Waals surface area contributed by atoms with Crippen molar-refractivity contribution < 1.29 is 44.2 Å². The number of aliphatic hydroxyl groups excluding tert-OH is 4. The number of H-pyrrole nitrogens is 1. The second kappa shape index (κ2) is 12.5. The van der Waals surface area contributed by atoms with Gasteiger partial charge in [-0.25, -0.2) is 4.79 Å². The fraction of sp³-hybridized carbons (Fsp3) is 0.440. The zero-order chi connectivity index (χ0) is 29.0. The van der Waals surface area contributed by atoms with Gasteiger partial charge in [0.1, 0.15) is 24.4 Å². The minimum atomic E-state index is -1.79. The van der Waals surface area contributed by atoms with Crippen LogP contribution < -0.4 is 22.3 Å². The lowest BCUT2D eigenvalue weighted by Gasteiger charge is -2.35. The lowest BCUT2D eigenvalue weighted by Crippen LogP contribution is -2.53. The van der Waals surface area contributed by atoms with E-state index in [-0.39, 0.29) is 12.3 Å². The highest BCUT2D eigenvalue weighted by Gasteiger charge is 2.51. The molecule has 0 saturated carbocycles. The Morgan fingerprint density at radius 1 is 1.12 bits per heavy atom. The van der Waals surface area contributed by atoms with Gasteiger partial charge in [-0.1, -0.05) is 30.3 Å². The maximum atomic E-state index is 12.7. The normalized spacial score (nSPS) is 28.8. The fourth-order valence-corrected chi connectivity index (χ4v) is 4.50. The number of amides is 2. The number of hydrogen-bond donors (Lipinski definition) is 7. The van der Waals surface area contributed by atoms with E-state index in [2.05, 4.69) is 5.32 Å². The zero-order valence-electron chi connectivity index (χ0n) is 21.0. The Labute approximate surface area is 226 Å². The number of rotatable bonds is 10. The topological polar surface area (TPSA) is 236 Å². The van der Waals surface area contributed by atoms with Gasteiger partial charge in [-0.3, -0.25) is 23.9 Å². The third-order valence-corrected chi connectivity index (χ3v) is 6.60. The van der Waals surface area contributed by atoms with E-state index in [0.717, 1.165) is 28.5 Å². The molecule has 1 fully saturated rings. The number of benzene rings is 1. The summed E-state index contributed by atoms with van der Waals surface area (Å²) in [6.45, 7) is -0.506. The molecular formula is C25H30N4O11. The van der Waals surface area contributed by atoms with E-state index in [1.807, 2.05) is 35.3 Å². The molecule has 1 aromatic heterocycles. The molecule has 2 aromatic rings. The van der Waals surface area contributed by atoms with Gasteiger partial charge >= 0.3 is 5.69 Å². The van der Waals surface area contributed by atoms with Crippen LogP contribution in [0.1, 0.15) is 11.8 Å². The molecule has 2 amide bonds. The predicted molar refractivity (Wildman–Crippen MR) is 134 cm³/mol.